The Labute approximate surface area is 129 Å². The number of aromatic hydroxyl groups is 1. The van der Waals surface area contributed by atoms with Crippen molar-refractivity contribution in [1.82, 2.24) is 0 Å². The summed E-state index contributed by atoms with van der Waals surface area (Å²) in [4.78, 5) is 16.0. The predicted molar refractivity (Wildman–Crippen MR) is 82.9 cm³/mol. The summed E-state index contributed by atoms with van der Waals surface area (Å²) in [6.07, 6.45) is 1.50. The molecular formula is C16H10BrNO3. The minimum absolute atomic E-state index is 0.0712. The fourth-order valence-electron chi connectivity index (χ4n) is 1.90. The molecule has 104 valence electrons. The minimum Gasteiger partial charge on any atom is -0.507 e. The van der Waals surface area contributed by atoms with Gasteiger partial charge in [-0.25, -0.2) is 9.79 Å². The van der Waals surface area contributed by atoms with Crippen LogP contribution in [0.3, 0.4) is 0 Å². The molecule has 0 bridgehead atoms. The maximum atomic E-state index is 11.9. The molecule has 0 aromatic heterocycles. The monoisotopic (exact) mass is 343 g/mol. The van der Waals surface area contributed by atoms with Crippen LogP contribution in [0.4, 0.5) is 0 Å². The highest BCUT2D eigenvalue weighted by atomic mass is 79.9. The summed E-state index contributed by atoms with van der Waals surface area (Å²) >= 11 is 3.32. The largest absolute Gasteiger partial charge is 0.507 e. The third-order valence-corrected chi connectivity index (χ3v) is 3.42. The number of ether oxygens (including phenoxy) is 1. The van der Waals surface area contributed by atoms with Crippen molar-refractivity contribution in [3.63, 3.8) is 0 Å². The zero-order valence-corrected chi connectivity index (χ0v) is 12.4. The van der Waals surface area contributed by atoms with Gasteiger partial charge in [-0.2, -0.15) is 0 Å². The molecule has 3 rings (SSSR count). The van der Waals surface area contributed by atoms with Crippen molar-refractivity contribution in [3.8, 4) is 5.75 Å². The molecule has 0 spiro atoms. The number of carbonyl (C=O) groups excluding carboxylic acids is 1. The first-order valence-corrected chi connectivity index (χ1v) is 6.99. The molecule has 0 radical (unpaired) electrons. The number of halogens is 1. The zero-order chi connectivity index (χ0) is 14.8. The highest BCUT2D eigenvalue weighted by Crippen LogP contribution is 2.26. The van der Waals surface area contributed by atoms with Gasteiger partial charge in [0.2, 0.25) is 5.90 Å². The molecular weight excluding hydrogens is 334 g/mol. The molecule has 21 heavy (non-hydrogen) atoms. The van der Waals surface area contributed by atoms with Crippen LogP contribution in [0.1, 0.15) is 11.1 Å². The van der Waals surface area contributed by atoms with Crippen LogP contribution in [-0.4, -0.2) is 17.0 Å². The summed E-state index contributed by atoms with van der Waals surface area (Å²) in [5.41, 5.74) is 1.38. The Balaban J connectivity index is 1.99. The van der Waals surface area contributed by atoms with E-state index in [0.29, 0.717) is 5.56 Å². The highest BCUT2D eigenvalue weighted by Gasteiger charge is 2.24. The lowest BCUT2D eigenvalue weighted by Crippen LogP contribution is -2.04. The lowest BCUT2D eigenvalue weighted by Gasteiger charge is -1.99. The van der Waals surface area contributed by atoms with Crippen molar-refractivity contribution >= 4 is 33.9 Å². The van der Waals surface area contributed by atoms with Crippen LogP contribution in [0.5, 0.6) is 5.75 Å². The Hall–Kier alpha value is -2.40. The number of benzene rings is 2. The van der Waals surface area contributed by atoms with E-state index in [9.17, 15) is 9.90 Å². The van der Waals surface area contributed by atoms with E-state index in [1.807, 2.05) is 30.3 Å². The summed E-state index contributed by atoms with van der Waals surface area (Å²) in [6, 6.07) is 14.1. The number of rotatable bonds is 2. The maximum absolute atomic E-state index is 11.9. The van der Waals surface area contributed by atoms with Gasteiger partial charge in [-0.05, 0) is 36.4 Å². The molecule has 1 aliphatic rings. The molecule has 5 heteroatoms. The fraction of sp³-hybridized carbons (Fsp3) is 0. The summed E-state index contributed by atoms with van der Waals surface area (Å²) < 4.78 is 5.95. The third-order valence-electron chi connectivity index (χ3n) is 2.92. The number of phenolic OH excluding ortho intramolecular Hbond substituents is 1. The van der Waals surface area contributed by atoms with E-state index < -0.39 is 5.97 Å². The van der Waals surface area contributed by atoms with Gasteiger partial charge in [0.05, 0.1) is 0 Å². The van der Waals surface area contributed by atoms with Crippen LogP contribution in [0.2, 0.25) is 0 Å². The van der Waals surface area contributed by atoms with E-state index in [2.05, 4.69) is 20.9 Å². The molecule has 0 saturated carbocycles. The van der Waals surface area contributed by atoms with Gasteiger partial charge in [-0.1, -0.05) is 34.1 Å². The van der Waals surface area contributed by atoms with E-state index in [4.69, 9.17) is 4.74 Å². The topological polar surface area (TPSA) is 58.9 Å². The molecule has 1 aliphatic heterocycles. The fourth-order valence-corrected chi connectivity index (χ4v) is 2.28. The molecule has 2 aromatic rings. The van der Waals surface area contributed by atoms with E-state index in [1.165, 1.54) is 6.08 Å². The summed E-state index contributed by atoms with van der Waals surface area (Å²) in [5, 5.41) is 9.80. The summed E-state index contributed by atoms with van der Waals surface area (Å²) in [6.45, 7) is 0. The molecule has 4 nitrogen and oxygen atoms in total. The molecule has 1 heterocycles. The van der Waals surface area contributed by atoms with Gasteiger partial charge >= 0.3 is 5.97 Å². The smallest absolute Gasteiger partial charge is 0.363 e. The maximum Gasteiger partial charge on any atom is 0.363 e. The number of aliphatic imine (C=N–C) groups is 1. The SMILES string of the molecule is O=C1OC(c2ccccc2)=N/C1=C/c1cc(Br)ccc1O. The standard InChI is InChI=1S/C16H10BrNO3/c17-12-6-7-14(19)11(8-12)9-13-16(20)21-15(18-13)10-4-2-1-3-5-10/h1-9,19H/b13-9+. The molecule has 1 N–H and O–H groups in total. The first-order valence-electron chi connectivity index (χ1n) is 6.20. The Bertz CT molecular complexity index is 766. The van der Waals surface area contributed by atoms with Gasteiger partial charge in [-0.3, -0.25) is 0 Å². The van der Waals surface area contributed by atoms with Crippen LogP contribution in [0, 0.1) is 0 Å². The first kappa shape index (κ1) is 13.6. The number of phenols is 1. The van der Waals surface area contributed by atoms with Gasteiger partial charge in [0.15, 0.2) is 5.70 Å². The Kier molecular flexibility index (Phi) is 3.58. The number of cyclic esters (lactones) is 1. The zero-order valence-electron chi connectivity index (χ0n) is 10.8. The second-order valence-corrected chi connectivity index (χ2v) is 5.32. The molecule has 2 aromatic carbocycles. The number of carbonyl (C=O) groups is 1. The van der Waals surface area contributed by atoms with E-state index >= 15 is 0 Å². The molecule has 0 fully saturated rings. The van der Waals surface area contributed by atoms with Gasteiger partial charge in [0, 0.05) is 15.6 Å². The summed E-state index contributed by atoms with van der Waals surface area (Å²) in [5.74, 6) is -0.198. The molecule has 0 aliphatic carbocycles. The average molecular weight is 344 g/mol. The Morgan fingerprint density at radius 3 is 2.67 bits per heavy atom. The number of hydrogen-bond donors (Lipinski definition) is 1. The highest BCUT2D eigenvalue weighted by molar-refractivity contribution is 9.10. The minimum atomic E-state index is -0.534. The normalized spacial score (nSPS) is 16.0. The van der Waals surface area contributed by atoms with Gasteiger partial charge in [0.1, 0.15) is 5.75 Å². The number of esters is 1. The molecule has 0 saturated heterocycles. The van der Waals surface area contributed by atoms with Crippen molar-refractivity contribution in [1.29, 1.82) is 0 Å². The third kappa shape index (κ3) is 2.87. The number of nitrogens with zero attached hydrogens (tertiary/aromatic N) is 1. The molecule has 0 atom stereocenters. The first-order chi connectivity index (χ1) is 10.1. The van der Waals surface area contributed by atoms with Crippen LogP contribution >= 0.6 is 15.9 Å². The van der Waals surface area contributed by atoms with Crippen molar-refractivity contribution in [3.05, 3.63) is 69.8 Å². The predicted octanol–water partition coefficient (Wildman–Crippen LogP) is 3.50. The summed E-state index contributed by atoms with van der Waals surface area (Å²) in [7, 11) is 0. The van der Waals surface area contributed by atoms with Crippen molar-refractivity contribution in [2.75, 3.05) is 0 Å². The van der Waals surface area contributed by atoms with Crippen LogP contribution in [-0.2, 0) is 9.53 Å². The molecule has 0 unspecified atom stereocenters. The van der Waals surface area contributed by atoms with Crippen molar-refractivity contribution in [2.45, 2.75) is 0 Å². The van der Waals surface area contributed by atoms with Crippen molar-refractivity contribution in [2.24, 2.45) is 4.99 Å². The van der Waals surface area contributed by atoms with E-state index in [1.54, 1.807) is 18.2 Å². The van der Waals surface area contributed by atoms with Crippen molar-refractivity contribution < 1.29 is 14.6 Å². The van der Waals surface area contributed by atoms with Crippen LogP contribution in [0.15, 0.2) is 63.7 Å². The second kappa shape index (κ2) is 5.54. The molecule has 0 amide bonds. The van der Waals surface area contributed by atoms with Gasteiger partial charge in [0.25, 0.3) is 0 Å². The number of hydrogen-bond acceptors (Lipinski definition) is 4. The van der Waals surface area contributed by atoms with Gasteiger partial charge < -0.3 is 9.84 Å². The average Bonchev–Trinajstić information content (AvgIpc) is 2.85. The van der Waals surface area contributed by atoms with Crippen LogP contribution < -0.4 is 0 Å². The quantitative estimate of drug-likeness (QED) is 0.670. The Morgan fingerprint density at radius 2 is 1.90 bits per heavy atom. The lowest BCUT2D eigenvalue weighted by atomic mass is 10.1. The van der Waals surface area contributed by atoms with Gasteiger partial charge in [-0.15, -0.1) is 0 Å². The second-order valence-electron chi connectivity index (χ2n) is 4.41. The Morgan fingerprint density at radius 1 is 1.14 bits per heavy atom. The van der Waals surface area contributed by atoms with Crippen LogP contribution in [0.25, 0.3) is 6.08 Å². The lowest BCUT2D eigenvalue weighted by molar-refractivity contribution is -0.129. The van der Waals surface area contributed by atoms with E-state index in [-0.39, 0.29) is 17.3 Å². The van der Waals surface area contributed by atoms with E-state index in [0.717, 1.165) is 10.0 Å².